The summed E-state index contributed by atoms with van der Waals surface area (Å²) in [7, 11) is 0. The van der Waals surface area contributed by atoms with Crippen molar-refractivity contribution in [1.82, 2.24) is 5.32 Å². The Bertz CT molecular complexity index is 97.2. The summed E-state index contributed by atoms with van der Waals surface area (Å²) in [5.74, 6) is 0.212. The minimum absolute atomic E-state index is 0. The summed E-state index contributed by atoms with van der Waals surface area (Å²) in [6, 6.07) is 0.507. The van der Waals surface area contributed by atoms with Gasteiger partial charge in [0.15, 0.2) is 0 Å². The Morgan fingerprint density at radius 1 is 1.78 bits per heavy atom. The van der Waals surface area contributed by atoms with Crippen LogP contribution in [0.25, 0.3) is 0 Å². The number of amides is 1. The van der Waals surface area contributed by atoms with Crippen LogP contribution in [0.2, 0.25) is 0 Å². The van der Waals surface area contributed by atoms with Gasteiger partial charge in [-0.25, -0.2) is 0 Å². The van der Waals surface area contributed by atoms with Gasteiger partial charge in [0.1, 0.15) is 0 Å². The van der Waals surface area contributed by atoms with Crippen LogP contribution in [0.3, 0.4) is 0 Å². The Labute approximate surface area is 61.4 Å². The minimum Gasteiger partial charge on any atom is -0.353 e. The predicted molar refractivity (Wildman–Crippen MR) is 38.7 cm³/mol. The quantitative estimate of drug-likeness (QED) is 0.586. The molecule has 3 heteroatoms. The van der Waals surface area contributed by atoms with Crippen molar-refractivity contribution in [3.63, 3.8) is 0 Å². The van der Waals surface area contributed by atoms with Crippen LogP contribution >= 0.6 is 12.4 Å². The van der Waals surface area contributed by atoms with E-state index in [4.69, 9.17) is 0 Å². The Morgan fingerprint density at radius 2 is 2.33 bits per heavy atom. The van der Waals surface area contributed by atoms with Crippen LogP contribution in [0.1, 0.15) is 26.2 Å². The molecule has 0 aromatic rings. The van der Waals surface area contributed by atoms with Crippen LogP contribution in [0.5, 0.6) is 0 Å². The van der Waals surface area contributed by atoms with Crippen LogP contribution < -0.4 is 5.32 Å². The molecule has 9 heavy (non-hydrogen) atoms. The highest BCUT2D eigenvalue weighted by Crippen LogP contribution is 2.09. The SMILES string of the molecule is CCCC1CC(=O)N1.Cl. The minimum atomic E-state index is 0. The molecule has 1 atom stereocenters. The number of carbonyl (C=O) groups is 1. The van der Waals surface area contributed by atoms with Gasteiger partial charge in [-0.15, -0.1) is 12.4 Å². The zero-order valence-corrected chi connectivity index (χ0v) is 6.33. The van der Waals surface area contributed by atoms with Crippen molar-refractivity contribution < 1.29 is 4.79 Å². The van der Waals surface area contributed by atoms with Gasteiger partial charge in [-0.1, -0.05) is 13.3 Å². The number of halogens is 1. The van der Waals surface area contributed by atoms with Crippen molar-refractivity contribution >= 4 is 18.3 Å². The molecule has 1 heterocycles. The van der Waals surface area contributed by atoms with Gasteiger partial charge in [0.25, 0.3) is 0 Å². The normalized spacial score (nSPS) is 23.7. The molecule has 1 N–H and O–H groups in total. The van der Waals surface area contributed by atoms with Gasteiger partial charge in [-0.3, -0.25) is 4.79 Å². The van der Waals surface area contributed by atoms with E-state index in [1.807, 2.05) is 0 Å². The molecular formula is C6H12ClNO. The summed E-state index contributed by atoms with van der Waals surface area (Å²) in [4.78, 5) is 10.3. The summed E-state index contributed by atoms with van der Waals surface area (Å²) in [6.07, 6.45) is 3.07. The van der Waals surface area contributed by atoms with Gasteiger partial charge >= 0.3 is 0 Å². The molecule has 0 aromatic heterocycles. The third-order valence-corrected chi connectivity index (χ3v) is 1.43. The average molecular weight is 150 g/mol. The Morgan fingerprint density at radius 3 is 2.67 bits per heavy atom. The van der Waals surface area contributed by atoms with Gasteiger partial charge in [-0.05, 0) is 6.42 Å². The maximum absolute atomic E-state index is 10.3. The first kappa shape index (κ1) is 8.76. The largest absolute Gasteiger partial charge is 0.353 e. The monoisotopic (exact) mass is 149 g/mol. The number of carbonyl (C=O) groups excluding carboxylic acids is 1. The molecule has 1 aliphatic heterocycles. The van der Waals surface area contributed by atoms with E-state index in [0.29, 0.717) is 6.04 Å². The Kier molecular flexibility index (Phi) is 3.62. The second kappa shape index (κ2) is 3.72. The van der Waals surface area contributed by atoms with Gasteiger partial charge in [0.05, 0.1) is 0 Å². The second-order valence-electron chi connectivity index (χ2n) is 2.26. The van der Waals surface area contributed by atoms with Crippen molar-refractivity contribution in [3.05, 3.63) is 0 Å². The molecule has 54 valence electrons. The van der Waals surface area contributed by atoms with Crippen LogP contribution in [-0.2, 0) is 4.79 Å². The van der Waals surface area contributed by atoms with Crippen molar-refractivity contribution in [1.29, 1.82) is 0 Å². The number of β-lactam (4-membered cyclic amide) rings is 1. The third-order valence-electron chi connectivity index (χ3n) is 1.43. The lowest BCUT2D eigenvalue weighted by Gasteiger charge is -2.25. The highest BCUT2D eigenvalue weighted by Gasteiger charge is 2.23. The summed E-state index contributed by atoms with van der Waals surface area (Å²) in [6.45, 7) is 2.13. The first-order valence-electron chi connectivity index (χ1n) is 3.12. The van der Waals surface area contributed by atoms with Crippen molar-refractivity contribution in [2.24, 2.45) is 0 Å². The Balaban J connectivity index is 0.000000640. The lowest BCUT2D eigenvalue weighted by Crippen LogP contribution is -2.48. The molecule has 1 rings (SSSR count). The summed E-state index contributed by atoms with van der Waals surface area (Å²) in [5, 5.41) is 2.80. The summed E-state index contributed by atoms with van der Waals surface area (Å²) < 4.78 is 0. The molecule has 1 fully saturated rings. The smallest absolute Gasteiger partial charge is 0.222 e. The fraction of sp³-hybridized carbons (Fsp3) is 0.833. The highest BCUT2D eigenvalue weighted by molar-refractivity contribution is 5.85. The van der Waals surface area contributed by atoms with E-state index < -0.39 is 0 Å². The fourth-order valence-electron chi connectivity index (χ4n) is 0.953. The zero-order chi connectivity index (χ0) is 5.98. The Hall–Kier alpha value is -0.240. The number of nitrogens with one attached hydrogen (secondary N) is 1. The topological polar surface area (TPSA) is 29.1 Å². The molecule has 1 unspecified atom stereocenters. The summed E-state index contributed by atoms with van der Waals surface area (Å²) >= 11 is 0. The highest BCUT2D eigenvalue weighted by atomic mass is 35.5. The van der Waals surface area contributed by atoms with E-state index in [2.05, 4.69) is 12.2 Å². The van der Waals surface area contributed by atoms with Crippen molar-refractivity contribution in [2.45, 2.75) is 32.2 Å². The maximum atomic E-state index is 10.3. The number of hydrogen-bond donors (Lipinski definition) is 1. The van der Waals surface area contributed by atoms with Crippen molar-refractivity contribution in [2.75, 3.05) is 0 Å². The maximum Gasteiger partial charge on any atom is 0.222 e. The van der Waals surface area contributed by atoms with Crippen LogP contribution in [0.15, 0.2) is 0 Å². The molecular weight excluding hydrogens is 138 g/mol. The molecule has 0 bridgehead atoms. The first-order chi connectivity index (χ1) is 3.83. The molecule has 2 nitrogen and oxygen atoms in total. The lowest BCUT2D eigenvalue weighted by molar-refractivity contribution is -0.128. The number of rotatable bonds is 2. The van der Waals surface area contributed by atoms with Gasteiger partial charge in [0.2, 0.25) is 5.91 Å². The predicted octanol–water partition coefficient (Wildman–Crippen LogP) is 1.10. The van der Waals surface area contributed by atoms with E-state index in [1.165, 1.54) is 6.42 Å². The van der Waals surface area contributed by atoms with Crippen LogP contribution in [0, 0.1) is 0 Å². The molecule has 0 aliphatic carbocycles. The molecule has 0 saturated carbocycles. The zero-order valence-electron chi connectivity index (χ0n) is 5.52. The second-order valence-corrected chi connectivity index (χ2v) is 2.26. The van der Waals surface area contributed by atoms with Crippen molar-refractivity contribution in [3.8, 4) is 0 Å². The van der Waals surface area contributed by atoms with Crippen LogP contribution in [0.4, 0.5) is 0 Å². The lowest BCUT2D eigenvalue weighted by atomic mass is 10.0. The van der Waals surface area contributed by atoms with E-state index in [1.54, 1.807) is 0 Å². The fourth-order valence-corrected chi connectivity index (χ4v) is 0.953. The number of hydrogen-bond acceptors (Lipinski definition) is 1. The third kappa shape index (κ3) is 2.22. The average Bonchev–Trinajstić information content (AvgIpc) is 1.64. The van der Waals surface area contributed by atoms with Gasteiger partial charge in [-0.2, -0.15) is 0 Å². The molecule has 1 amide bonds. The van der Waals surface area contributed by atoms with Gasteiger partial charge < -0.3 is 5.32 Å². The van der Waals surface area contributed by atoms with Crippen LogP contribution in [-0.4, -0.2) is 11.9 Å². The van der Waals surface area contributed by atoms with E-state index >= 15 is 0 Å². The molecule has 0 spiro atoms. The van der Waals surface area contributed by atoms with Gasteiger partial charge in [0, 0.05) is 12.5 Å². The van der Waals surface area contributed by atoms with E-state index in [-0.39, 0.29) is 18.3 Å². The summed E-state index contributed by atoms with van der Waals surface area (Å²) in [5.41, 5.74) is 0. The molecule has 0 radical (unpaired) electrons. The molecule has 0 aromatic carbocycles. The molecule has 1 saturated heterocycles. The first-order valence-corrected chi connectivity index (χ1v) is 3.12. The van der Waals surface area contributed by atoms with E-state index in [9.17, 15) is 4.79 Å². The molecule has 1 aliphatic rings. The van der Waals surface area contributed by atoms with E-state index in [0.717, 1.165) is 12.8 Å². The standard InChI is InChI=1S/C6H11NO.ClH/c1-2-3-5-4-6(8)7-5;/h5H,2-4H2,1H3,(H,7,8);1H.